The predicted molar refractivity (Wildman–Crippen MR) is 68.6 cm³/mol. The lowest BCUT2D eigenvalue weighted by molar-refractivity contribution is -0.0980. The third kappa shape index (κ3) is 1.83. The Kier molecular flexibility index (Phi) is 2.96. The maximum absolute atomic E-state index is 9.48. The fourth-order valence-electron chi connectivity index (χ4n) is 5.24. The fraction of sp³-hybridized carbons (Fsp3) is 1.00. The normalized spacial score (nSPS) is 45.5. The van der Waals surface area contributed by atoms with E-state index in [4.69, 9.17) is 5.73 Å². The zero-order chi connectivity index (χ0) is 12.0. The van der Waals surface area contributed by atoms with Gasteiger partial charge in [-0.1, -0.05) is 0 Å². The molecule has 1 unspecified atom stereocenters. The molecule has 0 aromatic heterocycles. The summed E-state index contributed by atoms with van der Waals surface area (Å²) >= 11 is 0. The number of nitrogens with two attached hydrogens (primary N) is 1. The fourth-order valence-corrected chi connectivity index (χ4v) is 5.24. The highest BCUT2D eigenvalue weighted by atomic mass is 16.3. The number of aliphatic hydroxyl groups excluding tert-OH is 1. The van der Waals surface area contributed by atoms with Crippen molar-refractivity contribution in [2.45, 2.75) is 50.1 Å². The van der Waals surface area contributed by atoms with Crippen LogP contribution in [0.25, 0.3) is 0 Å². The van der Waals surface area contributed by atoms with Crippen LogP contribution < -0.4 is 5.73 Å². The minimum Gasteiger partial charge on any atom is -0.395 e. The van der Waals surface area contributed by atoms with Crippen molar-refractivity contribution in [3.8, 4) is 0 Å². The number of nitrogens with zero attached hydrogens (tertiary/aromatic N) is 1. The molecule has 1 atom stereocenters. The molecule has 4 bridgehead atoms. The quantitative estimate of drug-likeness (QED) is 0.774. The van der Waals surface area contributed by atoms with E-state index in [1.165, 1.54) is 38.5 Å². The van der Waals surface area contributed by atoms with Crippen molar-refractivity contribution in [2.75, 3.05) is 20.2 Å². The van der Waals surface area contributed by atoms with E-state index >= 15 is 0 Å². The first kappa shape index (κ1) is 11.9. The second-order valence-electron chi connectivity index (χ2n) is 6.82. The van der Waals surface area contributed by atoms with E-state index in [-0.39, 0.29) is 12.6 Å². The molecule has 3 N–H and O–H groups in total. The van der Waals surface area contributed by atoms with Gasteiger partial charge < -0.3 is 10.8 Å². The van der Waals surface area contributed by atoms with Crippen LogP contribution in [0.4, 0.5) is 0 Å². The summed E-state index contributed by atoms with van der Waals surface area (Å²) in [6.07, 6.45) is 8.47. The Morgan fingerprint density at radius 1 is 1.18 bits per heavy atom. The summed E-state index contributed by atoms with van der Waals surface area (Å²) in [6.45, 7) is 0.781. The van der Waals surface area contributed by atoms with Crippen molar-refractivity contribution >= 4 is 0 Å². The highest BCUT2D eigenvalue weighted by Gasteiger charge is 2.53. The molecule has 0 heterocycles. The Hall–Kier alpha value is -0.120. The highest BCUT2D eigenvalue weighted by Crippen LogP contribution is 2.57. The molecule has 4 fully saturated rings. The van der Waals surface area contributed by atoms with E-state index < -0.39 is 0 Å². The summed E-state index contributed by atoms with van der Waals surface area (Å²) in [5.74, 6) is 2.88. The number of aliphatic hydroxyl groups is 1. The van der Waals surface area contributed by atoms with Gasteiger partial charge in [-0.05, 0) is 63.3 Å². The first-order chi connectivity index (χ1) is 8.16. The first-order valence-electron chi connectivity index (χ1n) is 7.20. The minimum atomic E-state index is 0.159. The van der Waals surface area contributed by atoms with Crippen LogP contribution in [0.2, 0.25) is 0 Å². The summed E-state index contributed by atoms with van der Waals surface area (Å²) < 4.78 is 0. The molecule has 0 saturated heterocycles. The van der Waals surface area contributed by atoms with Crippen LogP contribution in [0.5, 0.6) is 0 Å². The number of hydrogen-bond acceptors (Lipinski definition) is 3. The lowest BCUT2D eigenvalue weighted by Crippen LogP contribution is -2.62. The number of rotatable bonds is 4. The van der Waals surface area contributed by atoms with Crippen LogP contribution in [0, 0.1) is 17.8 Å². The van der Waals surface area contributed by atoms with Crippen LogP contribution >= 0.6 is 0 Å². The largest absolute Gasteiger partial charge is 0.395 e. The summed E-state index contributed by atoms with van der Waals surface area (Å²) in [6, 6.07) is 0.159. The zero-order valence-electron chi connectivity index (χ0n) is 10.9. The summed E-state index contributed by atoms with van der Waals surface area (Å²) in [5, 5.41) is 9.48. The Labute approximate surface area is 104 Å². The molecule has 4 aliphatic carbocycles. The van der Waals surface area contributed by atoms with Crippen LogP contribution in [0.1, 0.15) is 38.5 Å². The third-order valence-corrected chi connectivity index (χ3v) is 5.78. The number of likely N-dealkylation sites (N-methyl/N-ethyl adjacent to an activating group) is 1. The molecule has 0 amide bonds. The Morgan fingerprint density at radius 3 is 2.00 bits per heavy atom. The van der Waals surface area contributed by atoms with Gasteiger partial charge in [-0.2, -0.15) is 0 Å². The van der Waals surface area contributed by atoms with E-state index in [1.54, 1.807) is 0 Å². The average Bonchev–Trinajstić information content (AvgIpc) is 2.28. The smallest absolute Gasteiger partial charge is 0.0599 e. The van der Waals surface area contributed by atoms with E-state index in [0.29, 0.717) is 12.1 Å². The third-order valence-electron chi connectivity index (χ3n) is 5.78. The summed E-state index contributed by atoms with van der Waals surface area (Å²) in [5.41, 5.74) is 6.18. The lowest BCUT2D eigenvalue weighted by Gasteiger charge is -2.61. The summed E-state index contributed by atoms with van der Waals surface area (Å²) in [4.78, 5) is 2.44. The monoisotopic (exact) mass is 238 g/mol. The molecule has 4 saturated carbocycles. The Morgan fingerprint density at radius 2 is 1.65 bits per heavy atom. The van der Waals surface area contributed by atoms with Crippen molar-refractivity contribution in [1.29, 1.82) is 0 Å². The molecule has 4 aliphatic rings. The minimum absolute atomic E-state index is 0.159. The van der Waals surface area contributed by atoms with Gasteiger partial charge in [0.2, 0.25) is 0 Å². The zero-order valence-corrected chi connectivity index (χ0v) is 10.9. The van der Waals surface area contributed by atoms with Gasteiger partial charge in [0.15, 0.2) is 0 Å². The predicted octanol–water partition coefficient (Wildman–Crippen LogP) is 1.21. The Bertz CT molecular complexity index is 253. The van der Waals surface area contributed by atoms with Gasteiger partial charge in [0.25, 0.3) is 0 Å². The molecule has 0 radical (unpaired) electrons. The molecular weight excluding hydrogens is 212 g/mol. The maximum atomic E-state index is 9.48. The lowest BCUT2D eigenvalue weighted by atomic mass is 9.52. The van der Waals surface area contributed by atoms with E-state index in [2.05, 4.69) is 11.9 Å². The number of hydrogen-bond donors (Lipinski definition) is 2. The van der Waals surface area contributed by atoms with Gasteiger partial charge in [-0.3, -0.25) is 4.90 Å². The van der Waals surface area contributed by atoms with E-state index in [0.717, 1.165) is 17.8 Å². The second kappa shape index (κ2) is 4.22. The van der Waals surface area contributed by atoms with Crippen molar-refractivity contribution in [3.63, 3.8) is 0 Å². The van der Waals surface area contributed by atoms with Gasteiger partial charge in [0, 0.05) is 18.1 Å². The molecule has 98 valence electrons. The molecule has 0 spiro atoms. The molecule has 4 rings (SSSR count). The molecular formula is C14H26N2O. The van der Waals surface area contributed by atoms with Crippen LogP contribution in [0.3, 0.4) is 0 Å². The highest BCUT2D eigenvalue weighted by molar-refractivity contribution is 5.07. The molecule has 3 nitrogen and oxygen atoms in total. The van der Waals surface area contributed by atoms with Crippen LogP contribution in [-0.4, -0.2) is 41.8 Å². The van der Waals surface area contributed by atoms with Gasteiger partial charge in [0.1, 0.15) is 0 Å². The summed E-state index contributed by atoms with van der Waals surface area (Å²) in [7, 11) is 2.20. The van der Waals surface area contributed by atoms with Crippen molar-refractivity contribution in [2.24, 2.45) is 23.5 Å². The van der Waals surface area contributed by atoms with Crippen molar-refractivity contribution in [3.05, 3.63) is 0 Å². The van der Waals surface area contributed by atoms with Gasteiger partial charge >= 0.3 is 0 Å². The van der Waals surface area contributed by atoms with Crippen molar-refractivity contribution in [1.82, 2.24) is 4.90 Å². The van der Waals surface area contributed by atoms with E-state index in [9.17, 15) is 5.11 Å². The molecule has 0 aliphatic heterocycles. The second-order valence-corrected chi connectivity index (χ2v) is 6.82. The molecule has 0 aromatic rings. The van der Waals surface area contributed by atoms with Crippen LogP contribution in [-0.2, 0) is 0 Å². The van der Waals surface area contributed by atoms with Gasteiger partial charge in [-0.15, -0.1) is 0 Å². The SMILES string of the molecule is CN(C(CN)CO)C12CC3CC(CC(C3)C1)C2. The topological polar surface area (TPSA) is 49.5 Å². The van der Waals surface area contributed by atoms with Gasteiger partial charge in [-0.25, -0.2) is 0 Å². The first-order valence-corrected chi connectivity index (χ1v) is 7.20. The molecule has 3 heteroatoms. The molecule has 0 aromatic carbocycles. The van der Waals surface area contributed by atoms with E-state index in [1.807, 2.05) is 0 Å². The van der Waals surface area contributed by atoms with Crippen LogP contribution in [0.15, 0.2) is 0 Å². The van der Waals surface area contributed by atoms with Gasteiger partial charge in [0.05, 0.1) is 6.61 Å². The maximum Gasteiger partial charge on any atom is 0.0599 e. The average molecular weight is 238 g/mol. The molecule has 17 heavy (non-hydrogen) atoms. The van der Waals surface area contributed by atoms with Crippen molar-refractivity contribution < 1.29 is 5.11 Å². The standard InChI is InChI=1S/C14H26N2O/c1-16(13(8-15)9-17)14-5-10-2-11(6-14)4-12(3-10)7-14/h10-13,17H,2-9,15H2,1H3. The Balaban J connectivity index is 1.81.